The fraction of sp³-hybridized carbons (Fsp3) is 0.941. The molecule has 4 nitrogen and oxygen atoms in total. The summed E-state index contributed by atoms with van der Waals surface area (Å²) in [5, 5.41) is 0. The maximum absolute atomic E-state index is 12.1. The zero-order valence-corrected chi connectivity index (χ0v) is 13.3. The quantitative estimate of drug-likeness (QED) is 0.734. The summed E-state index contributed by atoms with van der Waals surface area (Å²) in [5.41, 5.74) is 0.110. The van der Waals surface area contributed by atoms with E-state index in [4.69, 9.17) is 9.47 Å². The zero-order chi connectivity index (χ0) is 14.7. The van der Waals surface area contributed by atoms with Crippen molar-refractivity contribution in [3.8, 4) is 0 Å². The van der Waals surface area contributed by atoms with Crippen molar-refractivity contribution in [2.24, 2.45) is 0 Å². The van der Waals surface area contributed by atoms with Crippen molar-refractivity contribution in [1.82, 2.24) is 4.90 Å². The molecule has 2 heterocycles. The topological polar surface area (TPSA) is 38.8 Å². The van der Waals surface area contributed by atoms with Crippen LogP contribution in [0.1, 0.15) is 64.2 Å². The summed E-state index contributed by atoms with van der Waals surface area (Å²) in [6, 6.07) is 0.480. The highest BCUT2D eigenvalue weighted by atomic mass is 16.5. The van der Waals surface area contributed by atoms with Crippen molar-refractivity contribution >= 4 is 5.97 Å². The van der Waals surface area contributed by atoms with Crippen molar-refractivity contribution in [3.63, 3.8) is 0 Å². The molecule has 3 aliphatic rings. The van der Waals surface area contributed by atoms with Crippen LogP contribution in [-0.4, -0.2) is 48.8 Å². The average molecular weight is 295 g/mol. The number of likely N-dealkylation sites (tertiary alicyclic amines) is 1. The molecular formula is C17H29NO3. The summed E-state index contributed by atoms with van der Waals surface area (Å²) < 4.78 is 11.2. The van der Waals surface area contributed by atoms with E-state index in [0.29, 0.717) is 6.04 Å². The number of hydrogen-bond acceptors (Lipinski definition) is 4. The number of nitrogens with zero attached hydrogens (tertiary/aromatic N) is 1. The largest absolute Gasteiger partial charge is 0.468 e. The molecule has 2 saturated heterocycles. The van der Waals surface area contributed by atoms with Crippen molar-refractivity contribution in [1.29, 1.82) is 0 Å². The van der Waals surface area contributed by atoms with Crippen LogP contribution in [0.2, 0.25) is 0 Å². The second kappa shape index (κ2) is 6.66. The van der Waals surface area contributed by atoms with Crippen LogP contribution in [0.3, 0.4) is 0 Å². The van der Waals surface area contributed by atoms with Gasteiger partial charge < -0.3 is 9.47 Å². The molecule has 3 rings (SSSR count). The Morgan fingerprint density at radius 3 is 2.71 bits per heavy atom. The van der Waals surface area contributed by atoms with Gasteiger partial charge in [-0.05, 0) is 45.1 Å². The number of esters is 1. The normalized spacial score (nSPS) is 33.8. The van der Waals surface area contributed by atoms with E-state index in [1.54, 1.807) is 0 Å². The predicted octanol–water partition coefficient (Wildman–Crippen LogP) is 2.90. The summed E-state index contributed by atoms with van der Waals surface area (Å²) in [7, 11) is 1.52. The highest BCUT2D eigenvalue weighted by molar-refractivity contribution is 5.75. The van der Waals surface area contributed by atoms with Crippen molar-refractivity contribution in [2.45, 2.75) is 81.9 Å². The van der Waals surface area contributed by atoms with E-state index in [-0.39, 0.29) is 17.6 Å². The van der Waals surface area contributed by atoms with Gasteiger partial charge >= 0.3 is 5.97 Å². The van der Waals surface area contributed by atoms with Gasteiger partial charge in [-0.2, -0.15) is 0 Å². The zero-order valence-electron chi connectivity index (χ0n) is 13.3. The standard InChI is InChI=1S/C17H29NO3/c1-20-16(19)15-7-3-6-11-18(15)14-8-12-21-17(13-14)9-4-2-5-10-17/h14-15H,2-13H2,1H3/t14?,15-/m1/s1. The minimum absolute atomic E-state index is 0.0208. The van der Waals surface area contributed by atoms with Crippen molar-refractivity contribution in [3.05, 3.63) is 0 Å². The van der Waals surface area contributed by atoms with Crippen LogP contribution in [0.15, 0.2) is 0 Å². The fourth-order valence-corrected chi connectivity index (χ4v) is 4.61. The number of piperidine rings is 1. The molecule has 1 aliphatic carbocycles. The number of rotatable bonds is 2. The number of carbonyl (C=O) groups is 1. The lowest BCUT2D eigenvalue weighted by atomic mass is 9.77. The first-order valence-electron chi connectivity index (χ1n) is 8.72. The Balaban J connectivity index is 1.70. The van der Waals surface area contributed by atoms with Gasteiger partial charge in [0, 0.05) is 12.6 Å². The monoisotopic (exact) mass is 295 g/mol. The molecule has 4 heteroatoms. The van der Waals surface area contributed by atoms with E-state index in [1.165, 1.54) is 45.6 Å². The third-order valence-electron chi connectivity index (χ3n) is 5.72. The fourth-order valence-electron chi connectivity index (χ4n) is 4.61. The first kappa shape index (κ1) is 15.3. The van der Waals surface area contributed by atoms with E-state index >= 15 is 0 Å². The molecule has 2 aliphatic heterocycles. The Hall–Kier alpha value is -0.610. The van der Waals surface area contributed by atoms with Gasteiger partial charge in [-0.1, -0.05) is 25.7 Å². The van der Waals surface area contributed by atoms with E-state index in [0.717, 1.165) is 38.8 Å². The lowest BCUT2D eigenvalue weighted by Crippen LogP contribution is -2.56. The Morgan fingerprint density at radius 2 is 1.95 bits per heavy atom. The Labute approximate surface area is 128 Å². The van der Waals surface area contributed by atoms with E-state index in [1.807, 2.05) is 0 Å². The molecule has 1 saturated carbocycles. The Kier molecular flexibility index (Phi) is 4.85. The molecular weight excluding hydrogens is 266 g/mol. The van der Waals surface area contributed by atoms with Crippen LogP contribution in [-0.2, 0) is 14.3 Å². The summed E-state index contributed by atoms with van der Waals surface area (Å²) in [4.78, 5) is 14.5. The maximum atomic E-state index is 12.1. The highest BCUT2D eigenvalue weighted by Gasteiger charge is 2.43. The highest BCUT2D eigenvalue weighted by Crippen LogP contribution is 2.41. The molecule has 0 N–H and O–H groups in total. The predicted molar refractivity (Wildman–Crippen MR) is 81.2 cm³/mol. The van der Waals surface area contributed by atoms with Gasteiger partial charge in [-0.25, -0.2) is 0 Å². The molecule has 1 unspecified atom stereocenters. The van der Waals surface area contributed by atoms with Gasteiger partial charge in [-0.3, -0.25) is 9.69 Å². The molecule has 21 heavy (non-hydrogen) atoms. The van der Waals surface area contributed by atoms with Crippen molar-refractivity contribution in [2.75, 3.05) is 20.3 Å². The lowest BCUT2D eigenvalue weighted by Gasteiger charge is -2.49. The van der Waals surface area contributed by atoms with E-state index < -0.39 is 0 Å². The summed E-state index contributed by atoms with van der Waals surface area (Å²) >= 11 is 0. The lowest BCUT2D eigenvalue weighted by molar-refractivity contribution is -0.157. The minimum atomic E-state index is -0.0427. The first-order valence-corrected chi connectivity index (χ1v) is 8.72. The summed E-state index contributed by atoms with van der Waals surface area (Å²) in [6.45, 7) is 1.90. The second-order valence-corrected chi connectivity index (χ2v) is 7.01. The van der Waals surface area contributed by atoms with Gasteiger partial charge in [0.25, 0.3) is 0 Å². The average Bonchev–Trinajstić information content (AvgIpc) is 2.55. The first-order chi connectivity index (χ1) is 10.2. The van der Waals surface area contributed by atoms with Gasteiger partial charge in [-0.15, -0.1) is 0 Å². The van der Waals surface area contributed by atoms with E-state index in [2.05, 4.69) is 4.90 Å². The number of ether oxygens (including phenoxy) is 2. The molecule has 1 spiro atoms. The third kappa shape index (κ3) is 3.26. The molecule has 0 bridgehead atoms. The number of methoxy groups -OCH3 is 1. The second-order valence-electron chi connectivity index (χ2n) is 7.01. The third-order valence-corrected chi connectivity index (χ3v) is 5.72. The molecule has 0 aromatic heterocycles. The smallest absolute Gasteiger partial charge is 0.323 e. The van der Waals surface area contributed by atoms with Crippen LogP contribution in [0.25, 0.3) is 0 Å². The molecule has 0 aromatic carbocycles. The van der Waals surface area contributed by atoms with Gasteiger partial charge in [0.15, 0.2) is 0 Å². The van der Waals surface area contributed by atoms with Crippen LogP contribution in [0.5, 0.6) is 0 Å². The molecule has 2 atom stereocenters. The van der Waals surface area contributed by atoms with E-state index in [9.17, 15) is 4.79 Å². The van der Waals surface area contributed by atoms with Gasteiger partial charge in [0.05, 0.1) is 12.7 Å². The van der Waals surface area contributed by atoms with Gasteiger partial charge in [0.2, 0.25) is 0 Å². The molecule has 3 fully saturated rings. The minimum Gasteiger partial charge on any atom is -0.468 e. The number of carbonyl (C=O) groups excluding carboxylic acids is 1. The van der Waals surface area contributed by atoms with Crippen LogP contribution < -0.4 is 0 Å². The molecule has 120 valence electrons. The SMILES string of the molecule is COC(=O)[C@H]1CCCCN1C1CCOC2(CCCCC2)C1. The molecule has 0 amide bonds. The van der Waals surface area contributed by atoms with Crippen LogP contribution in [0, 0.1) is 0 Å². The Morgan fingerprint density at radius 1 is 1.14 bits per heavy atom. The summed E-state index contributed by atoms with van der Waals surface area (Å²) in [6.07, 6.45) is 11.8. The maximum Gasteiger partial charge on any atom is 0.323 e. The molecule has 0 radical (unpaired) electrons. The number of hydrogen-bond donors (Lipinski definition) is 0. The van der Waals surface area contributed by atoms with Gasteiger partial charge in [0.1, 0.15) is 6.04 Å². The Bertz CT molecular complexity index is 360. The van der Waals surface area contributed by atoms with Crippen LogP contribution in [0.4, 0.5) is 0 Å². The van der Waals surface area contributed by atoms with Crippen molar-refractivity contribution < 1.29 is 14.3 Å². The molecule has 0 aromatic rings. The van der Waals surface area contributed by atoms with Crippen LogP contribution >= 0.6 is 0 Å². The summed E-state index contributed by atoms with van der Waals surface area (Å²) in [5.74, 6) is -0.0427.